The van der Waals surface area contributed by atoms with Gasteiger partial charge in [0, 0.05) is 10.2 Å². The molecule has 2 atom stereocenters. The highest BCUT2D eigenvalue weighted by Crippen LogP contribution is 2.26. The first kappa shape index (κ1) is 10.2. The molecule has 1 aromatic carbocycles. The van der Waals surface area contributed by atoms with Crippen LogP contribution in [-0.2, 0) is 0 Å². The number of benzene rings is 1. The highest BCUT2D eigenvalue weighted by molar-refractivity contribution is 9.11. The Labute approximate surface area is 96.7 Å². The van der Waals surface area contributed by atoms with E-state index in [2.05, 4.69) is 27.3 Å². The topological polar surface area (TPSA) is 61.8 Å². The average molecular weight is 264 g/mol. The molecular formula is C11H10BrN3. The smallest absolute Gasteiger partial charge is 0.0991 e. The Kier molecular flexibility index (Phi) is 2.76. The number of hydrogen-bond donors (Lipinski definition) is 2. The van der Waals surface area contributed by atoms with Gasteiger partial charge >= 0.3 is 0 Å². The molecule has 0 saturated heterocycles. The third-order valence-corrected chi connectivity index (χ3v) is 3.18. The molecule has 0 bridgehead atoms. The summed E-state index contributed by atoms with van der Waals surface area (Å²) >= 11 is 3.36. The van der Waals surface area contributed by atoms with E-state index in [1.54, 1.807) is 12.1 Å². The first-order chi connectivity index (χ1) is 7.20. The van der Waals surface area contributed by atoms with Crippen LogP contribution in [-0.4, -0.2) is 12.1 Å². The Morgan fingerprint density at radius 1 is 1.33 bits per heavy atom. The van der Waals surface area contributed by atoms with Crippen molar-refractivity contribution in [2.75, 3.05) is 5.32 Å². The van der Waals surface area contributed by atoms with Crippen LogP contribution in [0.5, 0.6) is 0 Å². The molecule has 1 unspecified atom stereocenters. The van der Waals surface area contributed by atoms with E-state index in [4.69, 9.17) is 11.0 Å². The van der Waals surface area contributed by atoms with Gasteiger partial charge in [-0.2, -0.15) is 5.26 Å². The lowest BCUT2D eigenvalue weighted by atomic mass is 9.97. The van der Waals surface area contributed by atoms with Gasteiger partial charge in [-0.05, 0) is 30.3 Å². The average Bonchev–Trinajstić information content (AvgIpc) is 2.29. The van der Waals surface area contributed by atoms with E-state index in [1.165, 1.54) is 0 Å². The fourth-order valence-corrected chi connectivity index (χ4v) is 1.97. The first-order valence-electron chi connectivity index (χ1n) is 4.60. The minimum Gasteiger partial charge on any atom is -0.377 e. The maximum absolute atomic E-state index is 8.64. The van der Waals surface area contributed by atoms with E-state index in [-0.39, 0.29) is 12.1 Å². The normalized spacial score (nSPS) is 23.7. The SMILES string of the molecule is N#Cc1ccc(NC2C=C(Br)[C@@H]2N)cc1. The van der Waals surface area contributed by atoms with E-state index in [1.807, 2.05) is 18.2 Å². The van der Waals surface area contributed by atoms with Crippen LogP contribution < -0.4 is 11.1 Å². The predicted molar refractivity (Wildman–Crippen MR) is 63.6 cm³/mol. The zero-order valence-electron chi connectivity index (χ0n) is 7.94. The summed E-state index contributed by atoms with van der Waals surface area (Å²) < 4.78 is 1.04. The van der Waals surface area contributed by atoms with E-state index in [0.717, 1.165) is 10.2 Å². The second-order valence-corrected chi connectivity index (χ2v) is 4.35. The molecule has 1 aliphatic carbocycles. The number of nitrogens with zero attached hydrogens (tertiary/aromatic N) is 1. The van der Waals surface area contributed by atoms with Gasteiger partial charge in [-0.15, -0.1) is 0 Å². The molecule has 0 aliphatic heterocycles. The summed E-state index contributed by atoms with van der Waals surface area (Å²) in [6.07, 6.45) is 2.03. The Balaban J connectivity index is 2.04. The minimum atomic E-state index is 0.0284. The highest BCUT2D eigenvalue weighted by Gasteiger charge is 2.26. The quantitative estimate of drug-likeness (QED) is 0.858. The fourth-order valence-electron chi connectivity index (χ4n) is 1.40. The molecule has 3 nitrogen and oxygen atoms in total. The summed E-state index contributed by atoms with van der Waals surface area (Å²) in [6.45, 7) is 0. The van der Waals surface area contributed by atoms with E-state index in [9.17, 15) is 0 Å². The van der Waals surface area contributed by atoms with Crippen molar-refractivity contribution in [3.05, 3.63) is 40.4 Å². The minimum absolute atomic E-state index is 0.0284. The van der Waals surface area contributed by atoms with Crippen LogP contribution in [0.1, 0.15) is 5.56 Å². The summed E-state index contributed by atoms with van der Waals surface area (Å²) in [6, 6.07) is 9.61. The molecule has 1 aliphatic rings. The number of rotatable bonds is 2. The van der Waals surface area contributed by atoms with Crippen molar-refractivity contribution in [3.8, 4) is 6.07 Å². The van der Waals surface area contributed by atoms with Crippen molar-refractivity contribution in [3.63, 3.8) is 0 Å². The van der Waals surface area contributed by atoms with E-state index < -0.39 is 0 Å². The summed E-state index contributed by atoms with van der Waals surface area (Å²) in [5, 5.41) is 11.9. The third-order valence-electron chi connectivity index (χ3n) is 2.39. The summed E-state index contributed by atoms with van der Waals surface area (Å²) in [5.74, 6) is 0. The van der Waals surface area contributed by atoms with Gasteiger partial charge in [0.25, 0.3) is 0 Å². The van der Waals surface area contributed by atoms with Gasteiger partial charge in [-0.3, -0.25) is 0 Å². The van der Waals surface area contributed by atoms with Gasteiger partial charge in [0.15, 0.2) is 0 Å². The second kappa shape index (κ2) is 4.05. The molecule has 0 heterocycles. The zero-order valence-corrected chi connectivity index (χ0v) is 9.53. The van der Waals surface area contributed by atoms with E-state index in [0.29, 0.717) is 5.56 Å². The van der Waals surface area contributed by atoms with Crippen LogP contribution in [0.4, 0.5) is 5.69 Å². The van der Waals surface area contributed by atoms with Crippen LogP contribution >= 0.6 is 15.9 Å². The standard InChI is InChI=1S/C11H10BrN3/c12-9-5-10(11(9)14)15-8-3-1-7(6-13)2-4-8/h1-5,10-11,15H,14H2/t10?,11-/m0/s1. The van der Waals surface area contributed by atoms with Gasteiger partial charge in [0.05, 0.1) is 23.7 Å². The van der Waals surface area contributed by atoms with Crippen LogP contribution in [0.3, 0.4) is 0 Å². The number of halogens is 1. The van der Waals surface area contributed by atoms with Crippen LogP contribution in [0, 0.1) is 11.3 Å². The number of hydrogen-bond acceptors (Lipinski definition) is 3. The lowest BCUT2D eigenvalue weighted by molar-refractivity contribution is 0.677. The lowest BCUT2D eigenvalue weighted by Crippen LogP contribution is -2.46. The molecule has 76 valence electrons. The monoisotopic (exact) mass is 263 g/mol. The third kappa shape index (κ3) is 2.04. The molecule has 15 heavy (non-hydrogen) atoms. The molecule has 3 N–H and O–H groups in total. The van der Waals surface area contributed by atoms with Crippen molar-refractivity contribution in [1.82, 2.24) is 0 Å². The van der Waals surface area contributed by atoms with Crippen molar-refractivity contribution < 1.29 is 0 Å². The Morgan fingerprint density at radius 2 is 2.00 bits per heavy atom. The van der Waals surface area contributed by atoms with Crippen molar-refractivity contribution in [1.29, 1.82) is 5.26 Å². The van der Waals surface area contributed by atoms with Gasteiger partial charge < -0.3 is 11.1 Å². The number of nitrogens with two attached hydrogens (primary N) is 1. The molecule has 0 radical (unpaired) electrons. The van der Waals surface area contributed by atoms with Gasteiger partial charge in [-0.1, -0.05) is 15.9 Å². The van der Waals surface area contributed by atoms with Crippen LogP contribution in [0.2, 0.25) is 0 Å². The molecular weight excluding hydrogens is 254 g/mol. The molecule has 1 aromatic rings. The number of nitriles is 1. The summed E-state index contributed by atoms with van der Waals surface area (Å²) in [5.41, 5.74) is 7.48. The molecule has 0 saturated carbocycles. The largest absolute Gasteiger partial charge is 0.377 e. The Bertz CT molecular complexity index is 430. The molecule has 0 amide bonds. The highest BCUT2D eigenvalue weighted by atomic mass is 79.9. The molecule has 4 heteroatoms. The fraction of sp³-hybridized carbons (Fsp3) is 0.182. The molecule has 0 aromatic heterocycles. The molecule has 0 fully saturated rings. The predicted octanol–water partition coefficient (Wildman–Crippen LogP) is 1.96. The second-order valence-electron chi connectivity index (χ2n) is 3.44. The summed E-state index contributed by atoms with van der Waals surface area (Å²) in [7, 11) is 0. The maximum Gasteiger partial charge on any atom is 0.0991 e. The molecule has 2 rings (SSSR count). The van der Waals surface area contributed by atoms with Crippen LogP contribution in [0.15, 0.2) is 34.8 Å². The van der Waals surface area contributed by atoms with Gasteiger partial charge in [0.1, 0.15) is 0 Å². The Morgan fingerprint density at radius 3 is 2.47 bits per heavy atom. The summed E-state index contributed by atoms with van der Waals surface area (Å²) in [4.78, 5) is 0. The first-order valence-corrected chi connectivity index (χ1v) is 5.39. The van der Waals surface area contributed by atoms with Crippen molar-refractivity contribution in [2.24, 2.45) is 5.73 Å². The van der Waals surface area contributed by atoms with Gasteiger partial charge in [0.2, 0.25) is 0 Å². The molecule has 0 spiro atoms. The van der Waals surface area contributed by atoms with Crippen LogP contribution in [0.25, 0.3) is 0 Å². The zero-order chi connectivity index (χ0) is 10.8. The van der Waals surface area contributed by atoms with Crippen molar-refractivity contribution >= 4 is 21.6 Å². The van der Waals surface area contributed by atoms with Crippen molar-refractivity contribution in [2.45, 2.75) is 12.1 Å². The number of nitrogens with one attached hydrogen (secondary N) is 1. The Hall–Kier alpha value is -1.31. The van der Waals surface area contributed by atoms with E-state index >= 15 is 0 Å². The number of anilines is 1. The lowest BCUT2D eigenvalue weighted by Gasteiger charge is -2.31. The maximum atomic E-state index is 8.64. The van der Waals surface area contributed by atoms with Gasteiger partial charge in [-0.25, -0.2) is 0 Å².